The quantitative estimate of drug-likeness (QED) is 0.531. The Labute approximate surface area is 195 Å². The zero-order valence-corrected chi connectivity index (χ0v) is 20.1. The second-order valence-corrected chi connectivity index (χ2v) is 10.9. The number of sulfonamides is 1. The van der Waals surface area contributed by atoms with Gasteiger partial charge in [-0.1, -0.05) is 12.1 Å². The van der Waals surface area contributed by atoms with Crippen LogP contribution in [0.3, 0.4) is 0 Å². The average molecular weight is 490 g/mol. The lowest BCUT2D eigenvalue weighted by atomic mass is 10.1. The van der Waals surface area contributed by atoms with Gasteiger partial charge in [-0.3, -0.25) is 10.1 Å². The molecule has 1 amide bonds. The van der Waals surface area contributed by atoms with Gasteiger partial charge in [-0.15, -0.1) is 23.1 Å². The van der Waals surface area contributed by atoms with E-state index in [1.807, 2.05) is 35.9 Å². The fourth-order valence-corrected chi connectivity index (χ4v) is 5.58. The molecule has 168 valence electrons. The predicted molar refractivity (Wildman–Crippen MR) is 130 cm³/mol. The van der Waals surface area contributed by atoms with E-state index in [9.17, 15) is 13.2 Å². The van der Waals surface area contributed by atoms with Gasteiger partial charge < -0.3 is 4.90 Å². The maximum atomic E-state index is 12.6. The van der Waals surface area contributed by atoms with Crippen molar-refractivity contribution in [1.29, 1.82) is 0 Å². The fourth-order valence-electron chi connectivity index (χ4n) is 3.49. The third kappa shape index (κ3) is 5.12. The van der Waals surface area contributed by atoms with Gasteiger partial charge in [0.15, 0.2) is 5.13 Å². The summed E-state index contributed by atoms with van der Waals surface area (Å²) in [6, 6.07) is 11.5. The van der Waals surface area contributed by atoms with Gasteiger partial charge >= 0.3 is 0 Å². The molecular weight excluding hydrogens is 466 g/mol. The van der Waals surface area contributed by atoms with Crippen LogP contribution in [0.25, 0.3) is 11.3 Å². The third-order valence-electron chi connectivity index (χ3n) is 5.15. The number of thioether (sulfide) groups is 1. The van der Waals surface area contributed by atoms with Crippen molar-refractivity contribution in [2.75, 3.05) is 48.9 Å². The van der Waals surface area contributed by atoms with Gasteiger partial charge in [0.2, 0.25) is 10.0 Å². The Balaban J connectivity index is 1.46. The second-order valence-electron chi connectivity index (χ2n) is 7.25. The van der Waals surface area contributed by atoms with Crippen LogP contribution >= 0.6 is 23.1 Å². The van der Waals surface area contributed by atoms with E-state index in [0.29, 0.717) is 41.9 Å². The molecular formula is C21H23N5O3S3. The van der Waals surface area contributed by atoms with E-state index in [-0.39, 0.29) is 5.91 Å². The van der Waals surface area contributed by atoms with Crippen molar-refractivity contribution in [3.63, 3.8) is 0 Å². The minimum atomic E-state index is -3.16. The summed E-state index contributed by atoms with van der Waals surface area (Å²) >= 11 is 2.79. The Hall–Kier alpha value is -2.47. The van der Waals surface area contributed by atoms with Crippen LogP contribution in [0.15, 0.2) is 53.0 Å². The van der Waals surface area contributed by atoms with Crippen molar-refractivity contribution in [1.82, 2.24) is 14.3 Å². The van der Waals surface area contributed by atoms with Gasteiger partial charge in [-0.2, -0.15) is 4.31 Å². The van der Waals surface area contributed by atoms with E-state index in [1.165, 1.54) is 33.7 Å². The topological polar surface area (TPSA) is 95.5 Å². The third-order valence-corrected chi connectivity index (χ3v) is 7.92. The van der Waals surface area contributed by atoms with E-state index in [0.717, 1.165) is 16.9 Å². The Morgan fingerprint density at radius 3 is 2.66 bits per heavy atom. The number of piperazine rings is 1. The predicted octanol–water partition coefficient (Wildman–Crippen LogP) is 3.26. The highest BCUT2D eigenvalue weighted by Crippen LogP contribution is 2.29. The summed E-state index contributed by atoms with van der Waals surface area (Å²) in [5.74, 6) is -0.235. The summed E-state index contributed by atoms with van der Waals surface area (Å²) in [6.45, 7) is 2.22. The van der Waals surface area contributed by atoms with Crippen molar-refractivity contribution in [2.45, 2.75) is 5.03 Å². The lowest BCUT2D eigenvalue weighted by Crippen LogP contribution is -2.48. The number of hydrogen-bond acceptors (Lipinski definition) is 8. The first-order valence-corrected chi connectivity index (χ1v) is 13.9. The highest BCUT2D eigenvalue weighted by molar-refractivity contribution is 7.98. The number of amides is 1. The number of benzene rings is 1. The number of rotatable bonds is 6. The molecule has 3 aromatic rings. The molecule has 0 radical (unpaired) electrons. The molecule has 0 saturated carbocycles. The van der Waals surface area contributed by atoms with Crippen LogP contribution in [0.5, 0.6) is 0 Å². The Morgan fingerprint density at radius 2 is 1.94 bits per heavy atom. The molecule has 0 bridgehead atoms. The first-order valence-electron chi connectivity index (χ1n) is 9.91. The van der Waals surface area contributed by atoms with Gasteiger partial charge in [0.1, 0.15) is 5.03 Å². The van der Waals surface area contributed by atoms with Crippen LogP contribution in [0.4, 0.5) is 10.8 Å². The van der Waals surface area contributed by atoms with E-state index in [2.05, 4.69) is 20.2 Å². The number of nitrogens with zero attached hydrogens (tertiary/aromatic N) is 4. The van der Waals surface area contributed by atoms with Gasteiger partial charge in [0.05, 0.1) is 17.5 Å². The molecule has 0 spiro atoms. The van der Waals surface area contributed by atoms with E-state index >= 15 is 0 Å². The largest absolute Gasteiger partial charge is 0.369 e. The summed E-state index contributed by atoms with van der Waals surface area (Å²) < 4.78 is 25.0. The Morgan fingerprint density at radius 1 is 1.16 bits per heavy atom. The van der Waals surface area contributed by atoms with E-state index < -0.39 is 10.0 Å². The smallest absolute Gasteiger partial charge is 0.260 e. The minimum Gasteiger partial charge on any atom is -0.369 e. The maximum Gasteiger partial charge on any atom is 0.260 e. The van der Waals surface area contributed by atoms with Crippen LogP contribution in [-0.2, 0) is 10.0 Å². The summed E-state index contributed by atoms with van der Waals surface area (Å²) in [5.41, 5.74) is 3.26. The zero-order chi connectivity index (χ0) is 22.7. The molecule has 32 heavy (non-hydrogen) atoms. The van der Waals surface area contributed by atoms with Gasteiger partial charge in [0, 0.05) is 49.0 Å². The number of nitrogens with one attached hydrogen (secondary N) is 1. The van der Waals surface area contributed by atoms with E-state index in [1.54, 1.807) is 18.3 Å². The monoisotopic (exact) mass is 489 g/mol. The molecule has 1 N–H and O–H groups in total. The van der Waals surface area contributed by atoms with Crippen LogP contribution in [-0.4, -0.2) is 67.3 Å². The van der Waals surface area contributed by atoms with Crippen molar-refractivity contribution in [2.24, 2.45) is 0 Å². The number of pyridine rings is 1. The van der Waals surface area contributed by atoms with Crippen molar-refractivity contribution < 1.29 is 13.2 Å². The lowest BCUT2D eigenvalue weighted by molar-refractivity contribution is 0.102. The molecule has 3 heterocycles. The number of thiazole rings is 1. The zero-order valence-electron chi connectivity index (χ0n) is 17.7. The van der Waals surface area contributed by atoms with Gasteiger partial charge in [-0.05, 0) is 30.5 Å². The van der Waals surface area contributed by atoms with Crippen molar-refractivity contribution >= 4 is 49.8 Å². The molecule has 1 fully saturated rings. The molecule has 8 nitrogen and oxygen atoms in total. The fraction of sp³-hybridized carbons (Fsp3) is 0.286. The van der Waals surface area contributed by atoms with Crippen LogP contribution in [0.1, 0.15) is 10.4 Å². The normalized spacial score (nSPS) is 15.0. The molecule has 0 atom stereocenters. The highest BCUT2D eigenvalue weighted by atomic mass is 32.2. The summed E-state index contributed by atoms with van der Waals surface area (Å²) in [4.78, 5) is 23.6. The van der Waals surface area contributed by atoms with Crippen molar-refractivity contribution in [3.8, 4) is 11.3 Å². The number of carbonyl (C=O) groups is 1. The standard InChI is InChI=1S/C21H23N5O3S3/c1-30-20-17(7-4-8-22-20)19(27)24-21-23-18(14-31-21)15-5-3-6-16(13-15)25-9-11-26(12-10-25)32(2,28)29/h3-8,13-14H,9-12H2,1-2H3,(H,23,24,27). The Bertz CT molecular complexity index is 1220. The van der Waals surface area contributed by atoms with Crippen LogP contribution < -0.4 is 10.2 Å². The summed E-state index contributed by atoms with van der Waals surface area (Å²) in [5, 5.41) is 5.97. The van der Waals surface area contributed by atoms with Gasteiger partial charge in [-0.25, -0.2) is 18.4 Å². The number of carbonyl (C=O) groups excluding carboxylic acids is 1. The molecule has 1 aliphatic heterocycles. The number of anilines is 2. The maximum absolute atomic E-state index is 12.6. The van der Waals surface area contributed by atoms with Crippen molar-refractivity contribution in [3.05, 3.63) is 53.5 Å². The molecule has 1 aromatic carbocycles. The first-order chi connectivity index (χ1) is 15.3. The summed E-state index contributed by atoms with van der Waals surface area (Å²) in [6.07, 6.45) is 4.80. The highest BCUT2D eigenvalue weighted by Gasteiger charge is 2.23. The van der Waals surface area contributed by atoms with E-state index in [4.69, 9.17) is 0 Å². The summed E-state index contributed by atoms with van der Waals surface area (Å²) in [7, 11) is -3.16. The molecule has 0 unspecified atom stereocenters. The molecule has 4 rings (SSSR count). The minimum absolute atomic E-state index is 0.235. The molecule has 1 aliphatic rings. The molecule has 0 aliphatic carbocycles. The molecule has 11 heteroatoms. The lowest BCUT2D eigenvalue weighted by Gasteiger charge is -2.34. The second kappa shape index (κ2) is 9.57. The number of aromatic nitrogens is 2. The van der Waals surface area contributed by atoms with Crippen LogP contribution in [0, 0.1) is 0 Å². The Kier molecular flexibility index (Phi) is 6.79. The number of hydrogen-bond donors (Lipinski definition) is 1. The molecule has 1 saturated heterocycles. The average Bonchev–Trinajstić information content (AvgIpc) is 3.27. The van der Waals surface area contributed by atoms with Crippen LogP contribution in [0.2, 0.25) is 0 Å². The van der Waals surface area contributed by atoms with Gasteiger partial charge in [0.25, 0.3) is 5.91 Å². The SMILES string of the molecule is CSc1ncccc1C(=O)Nc1nc(-c2cccc(N3CCN(S(C)(=O)=O)CC3)c2)cs1. The first kappa shape index (κ1) is 22.7. The molecule has 2 aromatic heterocycles.